The minimum absolute atomic E-state index is 0.295. The van der Waals surface area contributed by atoms with E-state index in [1.54, 1.807) is 54.6 Å². The van der Waals surface area contributed by atoms with Crippen LogP contribution in [0.25, 0.3) is 0 Å². The smallest absolute Gasteiger partial charge is 0.338 e. The number of hydrazine groups is 1. The maximum absolute atomic E-state index is 12.0. The molecule has 23 heavy (non-hydrogen) atoms. The Labute approximate surface area is 133 Å². The standard InChI is InChI=1S/C16H17N3O4/c1-22-13-9-5-6-10-14(13)23-11-15(20)18-19(16(17)21)12-7-3-2-4-8-12/h2-10H,11H2,1H3,(H2,17,21)(H,18,20). The normalized spacial score (nSPS) is 9.78. The lowest BCUT2D eigenvalue weighted by atomic mass is 10.3. The van der Waals surface area contributed by atoms with Crippen LogP contribution in [-0.2, 0) is 4.79 Å². The molecule has 0 heterocycles. The number of hydrogen-bond acceptors (Lipinski definition) is 4. The van der Waals surface area contributed by atoms with Crippen molar-refractivity contribution in [3.8, 4) is 11.5 Å². The number of para-hydroxylation sites is 3. The number of anilines is 1. The van der Waals surface area contributed by atoms with E-state index in [-0.39, 0.29) is 6.61 Å². The Balaban J connectivity index is 1.99. The Morgan fingerprint density at radius 2 is 1.65 bits per heavy atom. The SMILES string of the molecule is COc1ccccc1OCC(=O)NN(C(N)=O)c1ccccc1. The predicted molar refractivity (Wildman–Crippen MR) is 85.1 cm³/mol. The molecule has 0 unspecified atom stereocenters. The number of ether oxygens (including phenoxy) is 2. The summed E-state index contributed by atoms with van der Waals surface area (Å²) in [6.45, 7) is -0.295. The van der Waals surface area contributed by atoms with E-state index in [4.69, 9.17) is 15.2 Å². The molecule has 0 bridgehead atoms. The Hall–Kier alpha value is -3.22. The van der Waals surface area contributed by atoms with Gasteiger partial charge in [0.05, 0.1) is 12.8 Å². The summed E-state index contributed by atoms with van der Waals surface area (Å²) < 4.78 is 10.5. The zero-order chi connectivity index (χ0) is 16.7. The molecule has 0 atom stereocenters. The highest BCUT2D eigenvalue weighted by Crippen LogP contribution is 2.25. The lowest BCUT2D eigenvalue weighted by Gasteiger charge is -2.21. The van der Waals surface area contributed by atoms with Crippen LogP contribution >= 0.6 is 0 Å². The molecular formula is C16H17N3O4. The summed E-state index contributed by atoms with van der Waals surface area (Å²) in [5.74, 6) is 0.407. The van der Waals surface area contributed by atoms with Gasteiger partial charge in [-0.05, 0) is 24.3 Å². The first kappa shape index (κ1) is 16.2. The Kier molecular flexibility index (Phi) is 5.40. The van der Waals surface area contributed by atoms with Gasteiger partial charge in [-0.1, -0.05) is 30.3 Å². The number of benzene rings is 2. The van der Waals surface area contributed by atoms with Crippen LogP contribution in [0.5, 0.6) is 11.5 Å². The molecule has 2 aromatic rings. The number of urea groups is 1. The van der Waals surface area contributed by atoms with E-state index in [9.17, 15) is 9.59 Å². The van der Waals surface area contributed by atoms with E-state index in [1.807, 2.05) is 0 Å². The maximum atomic E-state index is 12.0. The molecule has 0 radical (unpaired) electrons. The fourth-order valence-electron chi connectivity index (χ4n) is 1.86. The first-order valence-corrected chi connectivity index (χ1v) is 6.81. The monoisotopic (exact) mass is 315 g/mol. The van der Waals surface area contributed by atoms with Gasteiger partial charge < -0.3 is 15.2 Å². The highest BCUT2D eigenvalue weighted by Gasteiger charge is 2.16. The summed E-state index contributed by atoms with van der Waals surface area (Å²) in [6.07, 6.45) is 0. The summed E-state index contributed by atoms with van der Waals surface area (Å²) in [6, 6.07) is 14.7. The number of hydrogen-bond donors (Lipinski definition) is 2. The summed E-state index contributed by atoms with van der Waals surface area (Å²) in [4.78, 5) is 23.5. The van der Waals surface area contributed by atoms with E-state index in [0.717, 1.165) is 5.01 Å². The number of nitrogens with two attached hydrogens (primary N) is 1. The summed E-state index contributed by atoms with van der Waals surface area (Å²) in [7, 11) is 1.51. The lowest BCUT2D eigenvalue weighted by Crippen LogP contribution is -2.50. The highest BCUT2D eigenvalue weighted by molar-refractivity contribution is 5.94. The third-order valence-corrected chi connectivity index (χ3v) is 2.90. The van der Waals surface area contributed by atoms with Crippen molar-refractivity contribution in [2.45, 2.75) is 0 Å². The van der Waals surface area contributed by atoms with E-state index in [0.29, 0.717) is 17.2 Å². The van der Waals surface area contributed by atoms with Crippen molar-refractivity contribution < 1.29 is 19.1 Å². The first-order valence-electron chi connectivity index (χ1n) is 6.81. The molecule has 2 rings (SSSR count). The van der Waals surface area contributed by atoms with Crippen LogP contribution in [0.15, 0.2) is 54.6 Å². The molecule has 2 aromatic carbocycles. The average Bonchev–Trinajstić information content (AvgIpc) is 2.58. The van der Waals surface area contributed by atoms with Crippen LogP contribution in [0, 0.1) is 0 Å². The zero-order valence-corrected chi connectivity index (χ0v) is 12.6. The van der Waals surface area contributed by atoms with Crippen molar-refractivity contribution in [1.82, 2.24) is 5.43 Å². The van der Waals surface area contributed by atoms with Crippen molar-refractivity contribution in [2.24, 2.45) is 5.73 Å². The zero-order valence-electron chi connectivity index (χ0n) is 12.6. The second-order valence-electron chi connectivity index (χ2n) is 4.48. The van der Waals surface area contributed by atoms with E-state index in [1.165, 1.54) is 7.11 Å². The van der Waals surface area contributed by atoms with Gasteiger partial charge in [-0.3, -0.25) is 10.2 Å². The third kappa shape index (κ3) is 4.37. The van der Waals surface area contributed by atoms with Crippen LogP contribution in [0.2, 0.25) is 0 Å². The molecule has 0 saturated carbocycles. The van der Waals surface area contributed by atoms with Gasteiger partial charge in [0.25, 0.3) is 5.91 Å². The molecule has 0 spiro atoms. The minimum Gasteiger partial charge on any atom is -0.493 e. The molecule has 3 N–H and O–H groups in total. The first-order chi connectivity index (χ1) is 11.1. The molecule has 0 aliphatic heterocycles. The number of amides is 3. The molecule has 7 heteroatoms. The van der Waals surface area contributed by atoms with Gasteiger partial charge in [0.15, 0.2) is 18.1 Å². The average molecular weight is 315 g/mol. The van der Waals surface area contributed by atoms with Crippen molar-refractivity contribution >= 4 is 17.6 Å². The molecule has 0 aliphatic carbocycles. The molecule has 0 fully saturated rings. The topological polar surface area (TPSA) is 93.9 Å². The van der Waals surface area contributed by atoms with E-state index >= 15 is 0 Å². The summed E-state index contributed by atoms with van der Waals surface area (Å²) in [5, 5.41) is 0.952. The molecule has 0 aliphatic rings. The number of methoxy groups -OCH3 is 1. The second kappa shape index (κ2) is 7.69. The fraction of sp³-hybridized carbons (Fsp3) is 0.125. The molecule has 0 saturated heterocycles. The van der Waals surface area contributed by atoms with Gasteiger partial charge in [-0.2, -0.15) is 0 Å². The van der Waals surface area contributed by atoms with Gasteiger partial charge in [-0.15, -0.1) is 0 Å². The number of primary amides is 1. The van der Waals surface area contributed by atoms with Crippen molar-refractivity contribution in [2.75, 3.05) is 18.7 Å². The van der Waals surface area contributed by atoms with Crippen LogP contribution < -0.4 is 25.6 Å². The van der Waals surface area contributed by atoms with Crippen molar-refractivity contribution in [3.63, 3.8) is 0 Å². The quantitative estimate of drug-likeness (QED) is 0.821. The van der Waals surface area contributed by atoms with E-state index in [2.05, 4.69) is 5.43 Å². The Bertz CT molecular complexity index is 676. The predicted octanol–water partition coefficient (Wildman–Crippen LogP) is 1.69. The van der Waals surface area contributed by atoms with Gasteiger partial charge in [-0.25, -0.2) is 9.80 Å². The van der Waals surface area contributed by atoms with Crippen LogP contribution in [0.4, 0.5) is 10.5 Å². The molecule has 0 aromatic heterocycles. The summed E-state index contributed by atoms with van der Waals surface area (Å²) >= 11 is 0. The third-order valence-electron chi connectivity index (χ3n) is 2.90. The van der Waals surface area contributed by atoms with Gasteiger partial charge in [0.2, 0.25) is 0 Å². The van der Waals surface area contributed by atoms with Crippen LogP contribution in [0.1, 0.15) is 0 Å². The van der Waals surface area contributed by atoms with E-state index < -0.39 is 11.9 Å². The van der Waals surface area contributed by atoms with Gasteiger partial charge >= 0.3 is 6.03 Å². The minimum atomic E-state index is -0.804. The van der Waals surface area contributed by atoms with Gasteiger partial charge in [0, 0.05) is 0 Å². The largest absolute Gasteiger partial charge is 0.493 e. The highest BCUT2D eigenvalue weighted by atomic mass is 16.5. The lowest BCUT2D eigenvalue weighted by molar-refractivity contribution is -0.123. The molecule has 7 nitrogen and oxygen atoms in total. The summed E-state index contributed by atoms with van der Waals surface area (Å²) in [5.41, 5.74) is 8.13. The Morgan fingerprint density at radius 1 is 1.04 bits per heavy atom. The molecule has 3 amide bonds. The maximum Gasteiger partial charge on any atom is 0.338 e. The van der Waals surface area contributed by atoms with Crippen LogP contribution in [0.3, 0.4) is 0 Å². The number of nitrogens with one attached hydrogen (secondary N) is 1. The number of nitrogens with zero attached hydrogens (tertiary/aromatic N) is 1. The van der Waals surface area contributed by atoms with Crippen LogP contribution in [-0.4, -0.2) is 25.7 Å². The molecular weight excluding hydrogens is 298 g/mol. The number of rotatable bonds is 5. The second-order valence-corrected chi connectivity index (χ2v) is 4.48. The molecule has 120 valence electrons. The number of carbonyl (C=O) groups excluding carboxylic acids is 2. The van der Waals surface area contributed by atoms with Crippen molar-refractivity contribution in [3.05, 3.63) is 54.6 Å². The number of carbonyl (C=O) groups is 2. The van der Waals surface area contributed by atoms with Crippen molar-refractivity contribution in [1.29, 1.82) is 0 Å². The Morgan fingerprint density at radius 3 is 2.26 bits per heavy atom. The van der Waals surface area contributed by atoms with Gasteiger partial charge in [0.1, 0.15) is 0 Å². The fourth-order valence-corrected chi connectivity index (χ4v) is 1.86.